The van der Waals surface area contributed by atoms with E-state index < -0.39 is 10.0 Å². The summed E-state index contributed by atoms with van der Waals surface area (Å²) in [5.41, 5.74) is 0. The Bertz CT molecular complexity index is 646. The molecule has 1 aromatic carbocycles. The van der Waals surface area contributed by atoms with Crippen LogP contribution >= 0.6 is 23.2 Å². The Morgan fingerprint density at radius 2 is 1.83 bits per heavy atom. The summed E-state index contributed by atoms with van der Waals surface area (Å²) in [4.78, 5) is 2.00. The fraction of sp³-hybridized carbons (Fsp3) is 0.571. The average Bonchev–Trinajstić information content (AvgIpc) is 2.51. The topological polar surface area (TPSA) is 70.1 Å². The molecule has 0 bridgehead atoms. The van der Waals surface area contributed by atoms with Gasteiger partial charge in [0.15, 0.2) is 0 Å². The largest absolute Gasteiger partial charge is 0.492 e. The standard InChI is InChI=1S/C14H20Cl2N2O4S/c1-2-22-13-9-12(16)14(10-11(13)15)23(20,21)18-5-3-17(4-6-18)7-8-19/h9-10,19H,2-8H2,1H3. The number of benzene rings is 1. The first-order valence-corrected chi connectivity index (χ1v) is 9.55. The second-order valence-corrected chi connectivity index (χ2v) is 7.84. The highest BCUT2D eigenvalue weighted by molar-refractivity contribution is 7.89. The zero-order chi connectivity index (χ0) is 17.0. The molecule has 1 aliphatic rings. The molecule has 9 heteroatoms. The van der Waals surface area contributed by atoms with Gasteiger partial charge in [0.1, 0.15) is 10.6 Å². The van der Waals surface area contributed by atoms with Crippen molar-refractivity contribution in [3.8, 4) is 5.75 Å². The van der Waals surface area contributed by atoms with Gasteiger partial charge in [0.2, 0.25) is 10.0 Å². The number of hydrogen-bond acceptors (Lipinski definition) is 5. The lowest BCUT2D eigenvalue weighted by atomic mass is 10.3. The number of ether oxygens (including phenoxy) is 1. The van der Waals surface area contributed by atoms with Crippen molar-refractivity contribution >= 4 is 33.2 Å². The molecule has 130 valence electrons. The van der Waals surface area contributed by atoms with Crippen LogP contribution in [0, 0.1) is 0 Å². The van der Waals surface area contributed by atoms with Crippen LogP contribution in [0.3, 0.4) is 0 Å². The highest BCUT2D eigenvalue weighted by atomic mass is 35.5. The molecule has 1 saturated heterocycles. The Morgan fingerprint density at radius 3 is 2.39 bits per heavy atom. The van der Waals surface area contributed by atoms with Crippen LogP contribution in [0.25, 0.3) is 0 Å². The molecule has 0 radical (unpaired) electrons. The molecule has 1 N–H and O–H groups in total. The first kappa shape index (κ1) is 18.8. The molecule has 0 aliphatic carbocycles. The van der Waals surface area contributed by atoms with E-state index in [2.05, 4.69) is 0 Å². The third-order valence-corrected chi connectivity index (χ3v) is 6.31. The zero-order valence-electron chi connectivity index (χ0n) is 12.8. The third kappa shape index (κ3) is 4.29. The third-order valence-electron chi connectivity index (χ3n) is 3.65. The molecule has 0 spiro atoms. The molecule has 1 fully saturated rings. The summed E-state index contributed by atoms with van der Waals surface area (Å²) in [7, 11) is -3.71. The van der Waals surface area contributed by atoms with E-state index in [9.17, 15) is 8.42 Å². The van der Waals surface area contributed by atoms with E-state index in [0.717, 1.165) is 0 Å². The predicted molar refractivity (Wildman–Crippen MR) is 89.9 cm³/mol. The van der Waals surface area contributed by atoms with Gasteiger partial charge in [-0.25, -0.2) is 8.42 Å². The summed E-state index contributed by atoms with van der Waals surface area (Å²) in [6.07, 6.45) is 0. The van der Waals surface area contributed by atoms with Gasteiger partial charge in [0.25, 0.3) is 0 Å². The van der Waals surface area contributed by atoms with Crippen molar-refractivity contribution in [1.82, 2.24) is 9.21 Å². The van der Waals surface area contributed by atoms with Gasteiger partial charge in [-0.2, -0.15) is 4.31 Å². The minimum absolute atomic E-state index is 0.0109. The van der Waals surface area contributed by atoms with Gasteiger partial charge >= 0.3 is 0 Å². The molecule has 0 unspecified atom stereocenters. The number of aliphatic hydroxyl groups excluding tert-OH is 1. The SMILES string of the molecule is CCOc1cc(Cl)c(S(=O)(=O)N2CCN(CCO)CC2)cc1Cl. The number of hydrogen-bond donors (Lipinski definition) is 1. The molecule has 2 rings (SSSR count). The smallest absolute Gasteiger partial charge is 0.244 e. The minimum atomic E-state index is -3.71. The van der Waals surface area contributed by atoms with Crippen molar-refractivity contribution in [1.29, 1.82) is 0 Å². The van der Waals surface area contributed by atoms with Gasteiger partial charge in [0.05, 0.1) is 23.3 Å². The summed E-state index contributed by atoms with van der Waals surface area (Å²) in [6, 6.07) is 2.77. The van der Waals surface area contributed by atoms with E-state index in [1.807, 2.05) is 4.90 Å². The summed E-state index contributed by atoms with van der Waals surface area (Å²) in [5.74, 6) is 0.367. The van der Waals surface area contributed by atoms with Crippen LogP contribution in [0.2, 0.25) is 10.0 Å². The summed E-state index contributed by atoms with van der Waals surface area (Å²) in [5, 5.41) is 9.25. The zero-order valence-corrected chi connectivity index (χ0v) is 15.2. The number of piperazine rings is 1. The Labute approximate surface area is 146 Å². The van der Waals surface area contributed by atoms with Crippen LogP contribution in [0.5, 0.6) is 5.75 Å². The molecule has 1 aliphatic heterocycles. The van der Waals surface area contributed by atoms with Gasteiger partial charge in [-0.05, 0) is 13.0 Å². The Kier molecular flexibility index (Phi) is 6.53. The highest BCUT2D eigenvalue weighted by Crippen LogP contribution is 2.35. The van der Waals surface area contributed by atoms with E-state index in [1.54, 1.807) is 6.92 Å². The molecule has 23 heavy (non-hydrogen) atoms. The van der Waals surface area contributed by atoms with Gasteiger partial charge in [0, 0.05) is 38.8 Å². The summed E-state index contributed by atoms with van der Waals surface area (Å²) >= 11 is 12.2. The maximum Gasteiger partial charge on any atom is 0.244 e. The monoisotopic (exact) mass is 382 g/mol. The lowest BCUT2D eigenvalue weighted by molar-refractivity contribution is 0.151. The number of sulfonamides is 1. The van der Waals surface area contributed by atoms with Crippen molar-refractivity contribution < 1.29 is 18.3 Å². The Hall–Kier alpha value is -0.570. The molecule has 0 amide bonds. The van der Waals surface area contributed by atoms with E-state index >= 15 is 0 Å². The van der Waals surface area contributed by atoms with E-state index in [4.69, 9.17) is 33.0 Å². The maximum atomic E-state index is 12.8. The number of aliphatic hydroxyl groups is 1. The first-order chi connectivity index (χ1) is 10.9. The predicted octanol–water partition coefficient (Wildman–Crippen LogP) is 1.69. The number of rotatable bonds is 6. The van der Waals surface area contributed by atoms with E-state index in [-0.39, 0.29) is 21.5 Å². The number of β-amino-alcohol motifs (C(OH)–C–C–N with tert-alkyl or cyclic N) is 1. The van der Waals surface area contributed by atoms with Crippen molar-refractivity contribution in [3.05, 3.63) is 22.2 Å². The lowest BCUT2D eigenvalue weighted by Crippen LogP contribution is -2.49. The Balaban J connectivity index is 2.22. The maximum absolute atomic E-state index is 12.8. The first-order valence-electron chi connectivity index (χ1n) is 7.35. The normalized spacial score (nSPS) is 17.4. The molecule has 1 heterocycles. The van der Waals surface area contributed by atoms with Gasteiger partial charge in [-0.3, -0.25) is 4.90 Å². The fourth-order valence-electron chi connectivity index (χ4n) is 2.45. The van der Waals surface area contributed by atoms with Crippen molar-refractivity contribution in [2.75, 3.05) is 45.9 Å². The molecule has 6 nitrogen and oxygen atoms in total. The molecule has 0 aromatic heterocycles. The second kappa shape index (κ2) is 8.00. The van der Waals surface area contributed by atoms with E-state index in [0.29, 0.717) is 45.1 Å². The number of nitrogens with zero attached hydrogens (tertiary/aromatic N) is 2. The van der Waals surface area contributed by atoms with Crippen molar-refractivity contribution in [2.45, 2.75) is 11.8 Å². The minimum Gasteiger partial charge on any atom is -0.492 e. The van der Waals surface area contributed by atoms with Crippen LogP contribution in [0.15, 0.2) is 17.0 Å². The van der Waals surface area contributed by atoms with Crippen molar-refractivity contribution in [2.24, 2.45) is 0 Å². The molecule has 1 aromatic rings. The fourth-order valence-corrected chi connectivity index (χ4v) is 4.67. The van der Waals surface area contributed by atoms with Gasteiger partial charge in [-0.1, -0.05) is 23.2 Å². The molecule has 0 saturated carbocycles. The Morgan fingerprint density at radius 1 is 1.17 bits per heavy atom. The van der Waals surface area contributed by atoms with E-state index in [1.165, 1.54) is 16.4 Å². The van der Waals surface area contributed by atoms with Crippen LogP contribution in [0.1, 0.15) is 6.92 Å². The average molecular weight is 383 g/mol. The van der Waals surface area contributed by atoms with Crippen molar-refractivity contribution in [3.63, 3.8) is 0 Å². The number of halogens is 2. The summed E-state index contributed by atoms with van der Waals surface area (Å²) in [6.45, 7) is 4.67. The second-order valence-electron chi connectivity index (χ2n) is 5.12. The lowest BCUT2D eigenvalue weighted by Gasteiger charge is -2.33. The van der Waals surface area contributed by atoms with Crippen LogP contribution in [-0.4, -0.2) is 68.7 Å². The van der Waals surface area contributed by atoms with Gasteiger partial charge < -0.3 is 9.84 Å². The molecular formula is C14H20Cl2N2O4S. The summed E-state index contributed by atoms with van der Waals surface area (Å²) < 4.78 is 32.2. The highest BCUT2D eigenvalue weighted by Gasteiger charge is 2.30. The molecular weight excluding hydrogens is 363 g/mol. The quantitative estimate of drug-likeness (QED) is 0.810. The van der Waals surface area contributed by atoms with Crippen LogP contribution in [-0.2, 0) is 10.0 Å². The van der Waals surface area contributed by atoms with Gasteiger partial charge in [-0.15, -0.1) is 0 Å². The van der Waals surface area contributed by atoms with Crippen LogP contribution < -0.4 is 4.74 Å². The van der Waals surface area contributed by atoms with Crippen LogP contribution in [0.4, 0.5) is 0 Å². The molecule has 0 atom stereocenters.